The first kappa shape index (κ1) is 18.5. The van der Waals surface area contributed by atoms with Crippen LogP contribution >= 0.6 is 0 Å². The summed E-state index contributed by atoms with van der Waals surface area (Å²) >= 11 is 0. The number of hydrogen-bond donors (Lipinski definition) is 1. The van der Waals surface area contributed by atoms with Crippen molar-refractivity contribution < 1.29 is 19.3 Å². The van der Waals surface area contributed by atoms with Crippen molar-refractivity contribution in [2.45, 2.75) is 32.0 Å². The second-order valence-corrected chi connectivity index (χ2v) is 6.62. The molecule has 26 heavy (non-hydrogen) atoms. The molecule has 0 aromatic heterocycles. The lowest BCUT2D eigenvalue weighted by Gasteiger charge is -2.26. The minimum atomic E-state index is 0.206. The molecule has 1 fully saturated rings. The zero-order valence-corrected chi connectivity index (χ0v) is 15.5. The van der Waals surface area contributed by atoms with Gasteiger partial charge < -0.3 is 19.3 Å². The molecule has 1 heterocycles. The molecule has 1 saturated heterocycles. The molecular formula is C21H27NO4. The monoisotopic (exact) mass is 357 g/mol. The van der Waals surface area contributed by atoms with E-state index in [0.29, 0.717) is 12.3 Å². The van der Waals surface area contributed by atoms with Crippen molar-refractivity contribution in [2.24, 2.45) is 0 Å². The number of benzene rings is 2. The standard InChI is InChI=1S/C21H27NO4/c1-24-18-8-3-6-16(12-18)13-22(15-19-9-5-11-26-19)14-17-7-4-10-20(25-2)21(17)23/h3-4,6-8,10,12,19,23H,5,9,11,13-15H2,1-2H3. The summed E-state index contributed by atoms with van der Waals surface area (Å²) in [5, 5.41) is 10.4. The Morgan fingerprint density at radius 2 is 1.96 bits per heavy atom. The fraction of sp³-hybridized carbons (Fsp3) is 0.429. The highest BCUT2D eigenvalue weighted by Gasteiger charge is 2.21. The number of phenols is 1. The average Bonchev–Trinajstić information content (AvgIpc) is 3.16. The number of ether oxygens (including phenoxy) is 3. The topological polar surface area (TPSA) is 51.2 Å². The maximum Gasteiger partial charge on any atom is 0.162 e. The molecule has 2 aromatic rings. The minimum Gasteiger partial charge on any atom is -0.504 e. The van der Waals surface area contributed by atoms with Crippen LogP contribution < -0.4 is 9.47 Å². The van der Waals surface area contributed by atoms with Crippen molar-refractivity contribution in [3.8, 4) is 17.2 Å². The largest absolute Gasteiger partial charge is 0.504 e. The third-order valence-corrected chi connectivity index (χ3v) is 4.72. The van der Waals surface area contributed by atoms with E-state index in [9.17, 15) is 5.11 Å². The van der Waals surface area contributed by atoms with Gasteiger partial charge in [-0.25, -0.2) is 0 Å². The van der Waals surface area contributed by atoms with E-state index in [2.05, 4.69) is 11.0 Å². The molecule has 0 amide bonds. The van der Waals surface area contributed by atoms with Crippen molar-refractivity contribution in [3.05, 3.63) is 53.6 Å². The molecule has 1 N–H and O–H groups in total. The minimum absolute atomic E-state index is 0.206. The second-order valence-electron chi connectivity index (χ2n) is 6.62. The van der Waals surface area contributed by atoms with Gasteiger partial charge in [0.15, 0.2) is 11.5 Å². The lowest BCUT2D eigenvalue weighted by atomic mass is 10.1. The van der Waals surface area contributed by atoms with E-state index >= 15 is 0 Å². The SMILES string of the molecule is COc1cccc(CN(Cc2cccc(OC)c2O)CC2CCCO2)c1. The van der Waals surface area contributed by atoms with Crippen LogP contribution in [-0.2, 0) is 17.8 Å². The Hall–Kier alpha value is -2.24. The predicted octanol–water partition coefficient (Wildman–Crippen LogP) is 3.59. The number of aromatic hydroxyl groups is 1. The highest BCUT2D eigenvalue weighted by molar-refractivity contribution is 5.45. The molecule has 3 rings (SSSR count). The van der Waals surface area contributed by atoms with E-state index in [1.165, 1.54) is 5.56 Å². The van der Waals surface area contributed by atoms with Crippen LogP contribution in [0.1, 0.15) is 24.0 Å². The molecule has 0 aliphatic carbocycles. The van der Waals surface area contributed by atoms with E-state index in [0.717, 1.165) is 43.9 Å². The molecule has 0 saturated carbocycles. The van der Waals surface area contributed by atoms with Gasteiger partial charge in [-0.05, 0) is 36.6 Å². The Labute approximate surface area is 155 Å². The fourth-order valence-corrected chi connectivity index (χ4v) is 3.39. The Kier molecular flexibility index (Phi) is 6.36. The number of para-hydroxylation sites is 1. The van der Waals surface area contributed by atoms with Gasteiger partial charge in [0.1, 0.15) is 5.75 Å². The van der Waals surface area contributed by atoms with E-state index in [4.69, 9.17) is 14.2 Å². The molecule has 5 nitrogen and oxygen atoms in total. The molecular weight excluding hydrogens is 330 g/mol. The van der Waals surface area contributed by atoms with Crippen molar-refractivity contribution in [1.29, 1.82) is 0 Å². The van der Waals surface area contributed by atoms with Crippen LogP contribution in [0.25, 0.3) is 0 Å². The van der Waals surface area contributed by atoms with Gasteiger partial charge in [0, 0.05) is 31.8 Å². The van der Waals surface area contributed by atoms with Crippen LogP contribution in [0.15, 0.2) is 42.5 Å². The molecule has 1 aliphatic rings. The lowest BCUT2D eigenvalue weighted by molar-refractivity contribution is 0.0676. The third-order valence-electron chi connectivity index (χ3n) is 4.72. The summed E-state index contributed by atoms with van der Waals surface area (Å²) < 4.78 is 16.4. The van der Waals surface area contributed by atoms with Crippen LogP contribution in [0.2, 0.25) is 0 Å². The predicted molar refractivity (Wildman–Crippen MR) is 101 cm³/mol. The Morgan fingerprint density at radius 1 is 1.12 bits per heavy atom. The van der Waals surface area contributed by atoms with Gasteiger partial charge in [-0.3, -0.25) is 4.90 Å². The Bertz CT molecular complexity index is 713. The van der Waals surface area contributed by atoms with Gasteiger partial charge in [-0.2, -0.15) is 0 Å². The van der Waals surface area contributed by atoms with E-state index in [1.54, 1.807) is 20.3 Å². The number of nitrogens with zero attached hydrogens (tertiary/aromatic N) is 1. The average molecular weight is 357 g/mol. The van der Waals surface area contributed by atoms with Gasteiger partial charge in [0.25, 0.3) is 0 Å². The number of methoxy groups -OCH3 is 2. The number of hydrogen-bond acceptors (Lipinski definition) is 5. The molecule has 5 heteroatoms. The van der Waals surface area contributed by atoms with Gasteiger partial charge in [-0.15, -0.1) is 0 Å². The Morgan fingerprint density at radius 3 is 2.69 bits per heavy atom. The zero-order chi connectivity index (χ0) is 18.4. The molecule has 140 valence electrons. The van der Waals surface area contributed by atoms with Crippen molar-refractivity contribution in [3.63, 3.8) is 0 Å². The summed E-state index contributed by atoms with van der Waals surface area (Å²) in [7, 11) is 3.25. The fourth-order valence-electron chi connectivity index (χ4n) is 3.39. The molecule has 0 bridgehead atoms. The summed E-state index contributed by atoms with van der Waals surface area (Å²) in [5.74, 6) is 1.56. The lowest BCUT2D eigenvalue weighted by Crippen LogP contribution is -2.31. The molecule has 1 unspecified atom stereocenters. The first-order chi connectivity index (χ1) is 12.7. The number of phenolic OH excluding ortho intramolecular Hbond substituents is 1. The molecule has 1 aliphatic heterocycles. The van der Waals surface area contributed by atoms with Gasteiger partial charge in [0.2, 0.25) is 0 Å². The second kappa shape index (κ2) is 8.92. The van der Waals surface area contributed by atoms with E-state index < -0.39 is 0 Å². The highest BCUT2D eigenvalue weighted by atomic mass is 16.5. The maximum atomic E-state index is 10.4. The van der Waals surface area contributed by atoms with Crippen LogP contribution in [0.4, 0.5) is 0 Å². The van der Waals surface area contributed by atoms with E-state index in [-0.39, 0.29) is 11.9 Å². The van der Waals surface area contributed by atoms with Gasteiger partial charge >= 0.3 is 0 Å². The summed E-state index contributed by atoms with van der Waals surface area (Å²) in [5.41, 5.74) is 2.02. The van der Waals surface area contributed by atoms with Gasteiger partial charge in [0.05, 0.1) is 20.3 Å². The van der Waals surface area contributed by atoms with Crippen molar-refractivity contribution in [2.75, 3.05) is 27.4 Å². The van der Waals surface area contributed by atoms with Crippen LogP contribution in [0.3, 0.4) is 0 Å². The Balaban J connectivity index is 1.78. The summed E-state index contributed by atoms with van der Waals surface area (Å²) in [6.45, 7) is 3.05. The van der Waals surface area contributed by atoms with Crippen molar-refractivity contribution >= 4 is 0 Å². The third kappa shape index (κ3) is 4.68. The summed E-state index contributed by atoms with van der Waals surface area (Å²) in [6, 6.07) is 13.7. The maximum absolute atomic E-state index is 10.4. The quantitative estimate of drug-likeness (QED) is 0.782. The van der Waals surface area contributed by atoms with Gasteiger partial charge in [-0.1, -0.05) is 24.3 Å². The number of rotatable bonds is 8. The van der Waals surface area contributed by atoms with Crippen molar-refractivity contribution in [1.82, 2.24) is 4.90 Å². The molecule has 0 radical (unpaired) electrons. The highest BCUT2D eigenvalue weighted by Crippen LogP contribution is 2.31. The van der Waals surface area contributed by atoms with Crippen LogP contribution in [-0.4, -0.2) is 43.5 Å². The van der Waals surface area contributed by atoms with Crippen LogP contribution in [0.5, 0.6) is 17.2 Å². The normalized spacial score (nSPS) is 16.8. The first-order valence-corrected chi connectivity index (χ1v) is 9.01. The summed E-state index contributed by atoms with van der Waals surface area (Å²) in [4.78, 5) is 2.30. The molecule has 2 aromatic carbocycles. The van der Waals surface area contributed by atoms with E-state index in [1.807, 2.05) is 30.3 Å². The molecule has 0 spiro atoms. The smallest absolute Gasteiger partial charge is 0.162 e. The summed E-state index contributed by atoms with van der Waals surface area (Å²) in [6.07, 6.45) is 2.44. The molecule has 1 atom stereocenters. The first-order valence-electron chi connectivity index (χ1n) is 9.01. The zero-order valence-electron chi connectivity index (χ0n) is 15.5. The van der Waals surface area contributed by atoms with Crippen LogP contribution in [0, 0.1) is 0 Å².